The minimum absolute atomic E-state index is 0.0117. The van der Waals surface area contributed by atoms with Gasteiger partial charge in [-0.25, -0.2) is 0 Å². The van der Waals surface area contributed by atoms with E-state index in [-0.39, 0.29) is 18.4 Å². The van der Waals surface area contributed by atoms with Gasteiger partial charge in [0.2, 0.25) is 5.91 Å². The Balaban J connectivity index is 2.31. The summed E-state index contributed by atoms with van der Waals surface area (Å²) in [5.74, 6) is 0.173. The Morgan fingerprint density at radius 2 is 1.95 bits per heavy atom. The number of hydrogen-bond acceptors (Lipinski definition) is 3. The third kappa shape index (κ3) is 7.75. The largest absolute Gasteiger partial charge is 0.481 e. The van der Waals surface area contributed by atoms with Gasteiger partial charge in [-0.2, -0.15) is 0 Å². The SMILES string of the molecule is CCCC(CC(=O)O)NC(=O)CSCc1ccc(C)cc1. The van der Waals surface area contributed by atoms with E-state index < -0.39 is 5.97 Å². The average molecular weight is 309 g/mol. The molecule has 5 heteroatoms. The van der Waals surface area contributed by atoms with Crippen molar-refractivity contribution in [2.24, 2.45) is 0 Å². The second kappa shape index (κ2) is 9.45. The Hall–Kier alpha value is -1.49. The van der Waals surface area contributed by atoms with Crippen LogP contribution in [0.15, 0.2) is 24.3 Å². The van der Waals surface area contributed by atoms with Crippen molar-refractivity contribution in [2.45, 2.75) is 44.9 Å². The van der Waals surface area contributed by atoms with Gasteiger partial charge in [-0.05, 0) is 18.9 Å². The van der Waals surface area contributed by atoms with Crippen molar-refractivity contribution in [1.29, 1.82) is 0 Å². The molecule has 1 atom stereocenters. The summed E-state index contributed by atoms with van der Waals surface area (Å²) >= 11 is 1.54. The van der Waals surface area contributed by atoms with Crippen LogP contribution >= 0.6 is 11.8 Å². The Labute approximate surface area is 130 Å². The number of nitrogens with one attached hydrogen (secondary N) is 1. The summed E-state index contributed by atoms with van der Waals surface area (Å²) in [5.41, 5.74) is 2.41. The van der Waals surface area contributed by atoms with Gasteiger partial charge in [-0.15, -0.1) is 11.8 Å². The molecule has 0 bridgehead atoms. The highest BCUT2D eigenvalue weighted by molar-refractivity contribution is 7.99. The molecular weight excluding hydrogens is 286 g/mol. The fourth-order valence-corrected chi connectivity index (χ4v) is 2.80. The smallest absolute Gasteiger partial charge is 0.305 e. The lowest BCUT2D eigenvalue weighted by Gasteiger charge is -2.15. The van der Waals surface area contributed by atoms with Crippen LogP contribution in [-0.4, -0.2) is 28.8 Å². The molecule has 0 heterocycles. The molecule has 1 aromatic rings. The van der Waals surface area contributed by atoms with E-state index in [9.17, 15) is 9.59 Å². The van der Waals surface area contributed by atoms with Gasteiger partial charge >= 0.3 is 5.97 Å². The van der Waals surface area contributed by atoms with Crippen LogP contribution in [0.25, 0.3) is 0 Å². The number of carboxylic acid groups (broad SMARTS) is 1. The molecule has 0 aromatic heterocycles. The Kier molecular flexibility index (Phi) is 7.90. The lowest BCUT2D eigenvalue weighted by atomic mass is 10.1. The van der Waals surface area contributed by atoms with Crippen LogP contribution in [0.4, 0.5) is 0 Å². The third-order valence-electron chi connectivity index (χ3n) is 3.05. The van der Waals surface area contributed by atoms with Crippen molar-refractivity contribution in [3.63, 3.8) is 0 Å². The predicted molar refractivity (Wildman–Crippen MR) is 86.4 cm³/mol. The number of thioether (sulfide) groups is 1. The highest BCUT2D eigenvalue weighted by Gasteiger charge is 2.14. The number of carbonyl (C=O) groups excluding carboxylic acids is 1. The minimum Gasteiger partial charge on any atom is -0.481 e. The van der Waals surface area contributed by atoms with Crippen molar-refractivity contribution in [3.8, 4) is 0 Å². The molecule has 0 saturated heterocycles. The van der Waals surface area contributed by atoms with E-state index in [1.165, 1.54) is 22.9 Å². The number of aliphatic carboxylic acids is 1. The van der Waals surface area contributed by atoms with Crippen LogP contribution in [0.2, 0.25) is 0 Å². The summed E-state index contributed by atoms with van der Waals surface area (Å²) in [6.07, 6.45) is 1.54. The van der Waals surface area contributed by atoms with Crippen molar-refractivity contribution < 1.29 is 14.7 Å². The van der Waals surface area contributed by atoms with E-state index in [0.717, 1.165) is 12.2 Å². The first-order chi connectivity index (χ1) is 10.0. The van der Waals surface area contributed by atoms with Crippen molar-refractivity contribution in [3.05, 3.63) is 35.4 Å². The van der Waals surface area contributed by atoms with Crippen LogP contribution in [0.1, 0.15) is 37.3 Å². The molecular formula is C16H23NO3S. The first-order valence-corrected chi connectivity index (χ1v) is 8.31. The maximum Gasteiger partial charge on any atom is 0.305 e. The van der Waals surface area contributed by atoms with Gasteiger partial charge in [-0.3, -0.25) is 9.59 Å². The van der Waals surface area contributed by atoms with E-state index in [2.05, 4.69) is 29.6 Å². The molecule has 1 unspecified atom stereocenters. The quantitative estimate of drug-likeness (QED) is 0.736. The molecule has 0 spiro atoms. The summed E-state index contributed by atoms with van der Waals surface area (Å²) in [4.78, 5) is 22.6. The summed E-state index contributed by atoms with van der Waals surface area (Å²) in [7, 11) is 0. The monoisotopic (exact) mass is 309 g/mol. The van der Waals surface area contributed by atoms with Gasteiger partial charge in [0.05, 0.1) is 12.2 Å². The molecule has 4 nitrogen and oxygen atoms in total. The van der Waals surface area contributed by atoms with E-state index in [1.54, 1.807) is 0 Å². The topological polar surface area (TPSA) is 66.4 Å². The third-order valence-corrected chi connectivity index (χ3v) is 4.05. The van der Waals surface area contributed by atoms with Crippen LogP contribution in [0, 0.1) is 6.92 Å². The zero-order chi connectivity index (χ0) is 15.7. The van der Waals surface area contributed by atoms with Crippen LogP contribution < -0.4 is 5.32 Å². The van der Waals surface area contributed by atoms with E-state index in [4.69, 9.17) is 5.11 Å². The number of amides is 1. The molecule has 1 aromatic carbocycles. The first kappa shape index (κ1) is 17.6. The van der Waals surface area contributed by atoms with Gasteiger partial charge in [0.1, 0.15) is 0 Å². The fraction of sp³-hybridized carbons (Fsp3) is 0.500. The summed E-state index contributed by atoms with van der Waals surface area (Å²) in [6.45, 7) is 4.02. The molecule has 0 fully saturated rings. The summed E-state index contributed by atoms with van der Waals surface area (Å²) in [6, 6.07) is 7.97. The molecule has 0 aliphatic rings. The molecule has 0 aliphatic carbocycles. The van der Waals surface area contributed by atoms with E-state index >= 15 is 0 Å². The average Bonchev–Trinajstić information content (AvgIpc) is 2.40. The van der Waals surface area contributed by atoms with Crippen molar-refractivity contribution in [2.75, 3.05) is 5.75 Å². The maximum absolute atomic E-state index is 11.8. The second-order valence-electron chi connectivity index (χ2n) is 5.13. The molecule has 1 amide bonds. The van der Waals surface area contributed by atoms with Crippen LogP contribution in [-0.2, 0) is 15.3 Å². The lowest BCUT2D eigenvalue weighted by molar-refractivity contribution is -0.137. The molecule has 21 heavy (non-hydrogen) atoms. The number of aryl methyl sites for hydroxylation is 1. The molecule has 116 valence electrons. The molecule has 0 saturated carbocycles. The number of rotatable bonds is 9. The Morgan fingerprint density at radius 1 is 1.29 bits per heavy atom. The van der Waals surface area contributed by atoms with Crippen molar-refractivity contribution in [1.82, 2.24) is 5.32 Å². The van der Waals surface area contributed by atoms with Crippen LogP contribution in [0.5, 0.6) is 0 Å². The fourth-order valence-electron chi connectivity index (χ4n) is 2.00. The van der Waals surface area contributed by atoms with Crippen molar-refractivity contribution >= 4 is 23.6 Å². The lowest BCUT2D eigenvalue weighted by Crippen LogP contribution is -2.37. The summed E-state index contributed by atoms with van der Waals surface area (Å²) in [5, 5.41) is 11.6. The number of carbonyl (C=O) groups is 2. The maximum atomic E-state index is 11.8. The standard InChI is InChI=1S/C16H23NO3S/c1-3-4-14(9-16(19)20)17-15(18)11-21-10-13-7-5-12(2)6-8-13/h5-8,14H,3-4,9-11H2,1-2H3,(H,17,18)(H,19,20). The van der Waals surface area contributed by atoms with Crippen LogP contribution in [0.3, 0.4) is 0 Å². The van der Waals surface area contributed by atoms with Gasteiger partial charge in [0.15, 0.2) is 0 Å². The van der Waals surface area contributed by atoms with E-state index in [1.807, 2.05) is 13.8 Å². The predicted octanol–water partition coefficient (Wildman–Crippen LogP) is 2.99. The van der Waals surface area contributed by atoms with Gasteiger partial charge in [-0.1, -0.05) is 43.2 Å². The Morgan fingerprint density at radius 3 is 2.52 bits per heavy atom. The number of hydrogen-bond donors (Lipinski definition) is 2. The highest BCUT2D eigenvalue weighted by Crippen LogP contribution is 2.13. The number of benzene rings is 1. The molecule has 0 aliphatic heterocycles. The zero-order valence-corrected chi connectivity index (χ0v) is 13.4. The molecule has 0 radical (unpaired) electrons. The zero-order valence-electron chi connectivity index (χ0n) is 12.6. The first-order valence-electron chi connectivity index (χ1n) is 7.15. The molecule has 1 rings (SSSR count). The summed E-state index contributed by atoms with van der Waals surface area (Å²) < 4.78 is 0. The Bertz CT molecular complexity index is 459. The highest BCUT2D eigenvalue weighted by atomic mass is 32.2. The van der Waals surface area contributed by atoms with E-state index in [0.29, 0.717) is 12.2 Å². The van der Waals surface area contributed by atoms with Gasteiger partial charge in [0, 0.05) is 11.8 Å². The van der Waals surface area contributed by atoms with Gasteiger partial charge in [0.25, 0.3) is 0 Å². The normalized spacial score (nSPS) is 11.9. The molecule has 2 N–H and O–H groups in total. The number of carboxylic acids is 1. The minimum atomic E-state index is -0.874. The second-order valence-corrected chi connectivity index (χ2v) is 6.11. The van der Waals surface area contributed by atoms with Gasteiger partial charge < -0.3 is 10.4 Å².